The van der Waals surface area contributed by atoms with Crippen molar-refractivity contribution >= 4 is 0 Å². The summed E-state index contributed by atoms with van der Waals surface area (Å²) in [6, 6.07) is 0. The maximum absolute atomic E-state index is 2.38. The van der Waals surface area contributed by atoms with E-state index in [-0.39, 0.29) is 0 Å². The van der Waals surface area contributed by atoms with Gasteiger partial charge in [0.25, 0.3) is 0 Å². The summed E-state index contributed by atoms with van der Waals surface area (Å²) in [5.41, 5.74) is 0. The molecule has 1 heteroatoms. The second kappa shape index (κ2) is 6.42. The van der Waals surface area contributed by atoms with Crippen LogP contribution in [0.25, 0.3) is 0 Å². The number of rotatable bonds is 6. The molecule has 2 unspecified atom stereocenters. The van der Waals surface area contributed by atoms with Crippen LogP contribution in [0.3, 0.4) is 0 Å². The summed E-state index contributed by atoms with van der Waals surface area (Å²) in [7, 11) is 4.31. The zero-order chi connectivity index (χ0) is 10.4. The van der Waals surface area contributed by atoms with Gasteiger partial charge in [0.2, 0.25) is 0 Å². The summed E-state index contributed by atoms with van der Waals surface area (Å²) in [5, 5.41) is 0. The van der Waals surface area contributed by atoms with E-state index in [0.717, 1.165) is 17.8 Å². The molecule has 2 atom stereocenters. The minimum absolute atomic E-state index is 0.837. The highest BCUT2D eigenvalue weighted by molar-refractivity contribution is 4.63. The first-order valence-corrected chi connectivity index (χ1v) is 5.56. The normalized spacial score (nSPS) is 16.6. The molecule has 0 N–H and O–H groups in total. The van der Waals surface area contributed by atoms with Crippen LogP contribution in [0.2, 0.25) is 0 Å². The maximum atomic E-state index is 2.38. The van der Waals surface area contributed by atoms with Crippen molar-refractivity contribution in [3.05, 3.63) is 0 Å². The van der Waals surface area contributed by atoms with Gasteiger partial charge in [0, 0.05) is 6.54 Å². The third-order valence-corrected chi connectivity index (χ3v) is 2.36. The Labute approximate surface area is 84.5 Å². The van der Waals surface area contributed by atoms with Crippen LogP contribution >= 0.6 is 0 Å². The second-order valence-corrected chi connectivity index (χ2v) is 5.34. The van der Waals surface area contributed by atoms with E-state index in [4.69, 9.17) is 0 Å². The highest BCUT2D eigenvalue weighted by Gasteiger charge is 2.10. The van der Waals surface area contributed by atoms with E-state index in [1.54, 1.807) is 0 Å². The van der Waals surface area contributed by atoms with Crippen LogP contribution in [0.1, 0.15) is 40.5 Å². The molecule has 0 saturated heterocycles. The van der Waals surface area contributed by atoms with E-state index in [2.05, 4.69) is 46.7 Å². The minimum Gasteiger partial charge on any atom is -0.309 e. The standard InChI is InChI=1S/C12H27N/c1-10(2)7-11(3)8-12(4)9-13(5)6/h10-12H,7-9H2,1-6H3. The smallest absolute Gasteiger partial charge is 0.000102 e. The predicted octanol–water partition coefficient (Wildman–Crippen LogP) is 3.26. The van der Waals surface area contributed by atoms with Crippen LogP contribution in [0, 0.1) is 17.8 Å². The summed E-state index contributed by atoms with van der Waals surface area (Å²) in [4.78, 5) is 2.28. The van der Waals surface area contributed by atoms with Gasteiger partial charge in [-0.25, -0.2) is 0 Å². The lowest BCUT2D eigenvalue weighted by Crippen LogP contribution is -2.21. The number of hydrogen-bond donors (Lipinski definition) is 0. The van der Waals surface area contributed by atoms with Gasteiger partial charge in [-0.05, 0) is 44.7 Å². The first-order valence-electron chi connectivity index (χ1n) is 5.56. The molecule has 0 bridgehead atoms. The van der Waals surface area contributed by atoms with Crippen LogP contribution < -0.4 is 0 Å². The van der Waals surface area contributed by atoms with Gasteiger partial charge in [-0.1, -0.05) is 27.7 Å². The Bertz CT molecular complexity index is 104. The topological polar surface area (TPSA) is 3.24 Å². The van der Waals surface area contributed by atoms with E-state index in [9.17, 15) is 0 Å². The Morgan fingerprint density at radius 1 is 0.846 bits per heavy atom. The lowest BCUT2D eigenvalue weighted by molar-refractivity contribution is 0.283. The zero-order valence-corrected chi connectivity index (χ0v) is 10.3. The Balaban J connectivity index is 3.58. The monoisotopic (exact) mass is 185 g/mol. The molecule has 80 valence electrons. The molecule has 1 nitrogen and oxygen atoms in total. The Kier molecular flexibility index (Phi) is 6.40. The molecule has 13 heavy (non-hydrogen) atoms. The molecule has 0 aliphatic heterocycles. The van der Waals surface area contributed by atoms with Crippen molar-refractivity contribution in [3.8, 4) is 0 Å². The molecule has 0 rings (SSSR count). The largest absolute Gasteiger partial charge is 0.309 e. The molecule has 0 spiro atoms. The fourth-order valence-corrected chi connectivity index (χ4v) is 2.29. The first-order chi connectivity index (χ1) is 5.91. The van der Waals surface area contributed by atoms with Crippen molar-refractivity contribution in [1.29, 1.82) is 0 Å². The number of hydrogen-bond acceptors (Lipinski definition) is 1. The van der Waals surface area contributed by atoms with Crippen molar-refractivity contribution in [2.45, 2.75) is 40.5 Å². The Morgan fingerprint density at radius 3 is 1.77 bits per heavy atom. The van der Waals surface area contributed by atoms with Crippen LogP contribution in [0.4, 0.5) is 0 Å². The van der Waals surface area contributed by atoms with Crippen LogP contribution in [-0.4, -0.2) is 25.5 Å². The van der Waals surface area contributed by atoms with Gasteiger partial charge in [-0.15, -0.1) is 0 Å². The molecule has 0 amide bonds. The maximum Gasteiger partial charge on any atom is 0.000102 e. The highest BCUT2D eigenvalue weighted by Crippen LogP contribution is 2.19. The Morgan fingerprint density at radius 2 is 1.38 bits per heavy atom. The molecular weight excluding hydrogens is 158 g/mol. The van der Waals surface area contributed by atoms with Crippen molar-refractivity contribution in [2.75, 3.05) is 20.6 Å². The predicted molar refractivity (Wildman–Crippen MR) is 61.0 cm³/mol. The molecule has 0 radical (unpaired) electrons. The second-order valence-electron chi connectivity index (χ2n) is 5.34. The molecule has 0 aromatic carbocycles. The van der Waals surface area contributed by atoms with Gasteiger partial charge >= 0.3 is 0 Å². The lowest BCUT2D eigenvalue weighted by atomic mass is 9.90. The van der Waals surface area contributed by atoms with E-state index in [1.807, 2.05) is 0 Å². The third kappa shape index (κ3) is 8.29. The first kappa shape index (κ1) is 13.0. The summed E-state index contributed by atoms with van der Waals surface area (Å²) in [6.45, 7) is 10.6. The van der Waals surface area contributed by atoms with E-state index >= 15 is 0 Å². The molecule has 0 aromatic heterocycles. The van der Waals surface area contributed by atoms with Gasteiger partial charge in [0.1, 0.15) is 0 Å². The fraction of sp³-hybridized carbons (Fsp3) is 1.00. The lowest BCUT2D eigenvalue weighted by Gasteiger charge is -2.21. The van der Waals surface area contributed by atoms with Crippen LogP contribution in [0.15, 0.2) is 0 Å². The van der Waals surface area contributed by atoms with Crippen molar-refractivity contribution < 1.29 is 0 Å². The molecule has 0 aliphatic carbocycles. The van der Waals surface area contributed by atoms with Gasteiger partial charge in [-0.3, -0.25) is 0 Å². The van der Waals surface area contributed by atoms with Gasteiger partial charge in [-0.2, -0.15) is 0 Å². The quantitative estimate of drug-likeness (QED) is 0.614. The van der Waals surface area contributed by atoms with Crippen molar-refractivity contribution in [2.24, 2.45) is 17.8 Å². The average molecular weight is 185 g/mol. The number of nitrogens with zero attached hydrogens (tertiary/aromatic N) is 1. The van der Waals surface area contributed by atoms with Crippen LogP contribution in [-0.2, 0) is 0 Å². The van der Waals surface area contributed by atoms with Crippen LogP contribution in [0.5, 0.6) is 0 Å². The summed E-state index contributed by atoms with van der Waals surface area (Å²) >= 11 is 0. The van der Waals surface area contributed by atoms with Crippen molar-refractivity contribution in [1.82, 2.24) is 4.90 Å². The molecule has 0 saturated carbocycles. The molecule has 0 aliphatic rings. The van der Waals surface area contributed by atoms with Gasteiger partial charge < -0.3 is 4.90 Å². The average Bonchev–Trinajstić information content (AvgIpc) is 1.80. The fourth-order valence-electron chi connectivity index (χ4n) is 2.29. The van der Waals surface area contributed by atoms with E-state index < -0.39 is 0 Å². The minimum atomic E-state index is 0.837. The molecule has 0 heterocycles. The molecule has 0 fully saturated rings. The van der Waals surface area contributed by atoms with E-state index in [1.165, 1.54) is 19.4 Å². The summed E-state index contributed by atoms with van der Waals surface area (Å²) < 4.78 is 0. The van der Waals surface area contributed by atoms with Gasteiger partial charge in [0.15, 0.2) is 0 Å². The highest BCUT2D eigenvalue weighted by atomic mass is 15.1. The SMILES string of the molecule is CC(C)CC(C)CC(C)CN(C)C. The van der Waals surface area contributed by atoms with Gasteiger partial charge in [0.05, 0.1) is 0 Å². The summed E-state index contributed by atoms with van der Waals surface area (Å²) in [6.07, 6.45) is 2.74. The summed E-state index contributed by atoms with van der Waals surface area (Å²) in [5.74, 6) is 2.57. The molecular formula is C12H27N. The van der Waals surface area contributed by atoms with E-state index in [0.29, 0.717) is 0 Å². The molecule has 0 aromatic rings. The Hall–Kier alpha value is -0.0400. The zero-order valence-electron chi connectivity index (χ0n) is 10.3. The third-order valence-electron chi connectivity index (χ3n) is 2.36. The van der Waals surface area contributed by atoms with Crippen molar-refractivity contribution in [3.63, 3.8) is 0 Å².